The van der Waals surface area contributed by atoms with Crippen molar-refractivity contribution < 1.29 is 13.2 Å². The zero-order chi connectivity index (χ0) is 14.8. The van der Waals surface area contributed by atoms with E-state index in [2.05, 4.69) is 5.32 Å². The quantitative estimate of drug-likeness (QED) is 0.827. The molecule has 2 aromatic carbocycles. The molecule has 0 aliphatic carbocycles. The lowest BCUT2D eigenvalue weighted by Crippen LogP contribution is -2.07. The summed E-state index contributed by atoms with van der Waals surface area (Å²) in [6.07, 6.45) is -4.32. The molecule has 2 rings (SSSR count). The van der Waals surface area contributed by atoms with Crippen molar-refractivity contribution in [3.63, 3.8) is 0 Å². The Morgan fingerprint density at radius 2 is 1.85 bits per heavy atom. The highest BCUT2D eigenvalue weighted by molar-refractivity contribution is 5.56. The Balaban J connectivity index is 2.11. The van der Waals surface area contributed by atoms with E-state index in [1.54, 1.807) is 12.1 Å². The van der Waals surface area contributed by atoms with Gasteiger partial charge >= 0.3 is 6.18 Å². The number of nitrogen functional groups attached to an aromatic ring is 1. The molecular weight excluding hydrogens is 265 g/mol. The molecule has 20 heavy (non-hydrogen) atoms. The number of nitrogens with one attached hydrogen (secondary N) is 1. The molecule has 106 valence electrons. The van der Waals surface area contributed by atoms with Crippen LogP contribution in [0.2, 0.25) is 0 Å². The number of hydrogen-bond acceptors (Lipinski definition) is 2. The second kappa shape index (κ2) is 5.45. The zero-order valence-corrected chi connectivity index (χ0v) is 11.0. The third kappa shape index (κ3) is 3.66. The van der Waals surface area contributed by atoms with Crippen molar-refractivity contribution in [3.05, 3.63) is 59.2 Å². The fourth-order valence-electron chi connectivity index (χ4n) is 1.98. The highest BCUT2D eigenvalue weighted by Gasteiger charge is 2.30. The van der Waals surface area contributed by atoms with Crippen LogP contribution in [0.1, 0.15) is 16.7 Å². The largest absolute Gasteiger partial charge is 0.416 e. The number of nitrogens with two attached hydrogens (primary N) is 1. The molecule has 0 saturated heterocycles. The summed E-state index contributed by atoms with van der Waals surface area (Å²) in [6, 6.07) is 10.7. The molecule has 2 nitrogen and oxygen atoms in total. The number of alkyl halides is 3. The van der Waals surface area contributed by atoms with Gasteiger partial charge in [-0.3, -0.25) is 0 Å². The summed E-state index contributed by atoms with van der Waals surface area (Å²) in [7, 11) is 0. The van der Waals surface area contributed by atoms with E-state index in [1.165, 1.54) is 6.07 Å². The van der Waals surface area contributed by atoms with E-state index in [-0.39, 0.29) is 0 Å². The van der Waals surface area contributed by atoms with Crippen molar-refractivity contribution in [2.24, 2.45) is 0 Å². The van der Waals surface area contributed by atoms with Gasteiger partial charge in [0.1, 0.15) is 0 Å². The number of hydrogen-bond donors (Lipinski definition) is 2. The molecule has 0 radical (unpaired) electrons. The summed E-state index contributed by atoms with van der Waals surface area (Å²) in [5.41, 5.74) is 8.06. The average Bonchev–Trinajstić information content (AvgIpc) is 2.35. The number of halogens is 3. The fraction of sp³-hybridized carbons (Fsp3) is 0.200. The summed E-state index contributed by atoms with van der Waals surface area (Å²) >= 11 is 0. The van der Waals surface area contributed by atoms with Gasteiger partial charge in [0.05, 0.1) is 5.56 Å². The van der Waals surface area contributed by atoms with Crippen LogP contribution in [0.15, 0.2) is 42.5 Å². The van der Waals surface area contributed by atoms with Crippen molar-refractivity contribution in [2.45, 2.75) is 19.6 Å². The first-order valence-corrected chi connectivity index (χ1v) is 6.12. The van der Waals surface area contributed by atoms with Gasteiger partial charge in [-0.05, 0) is 48.4 Å². The predicted octanol–water partition coefficient (Wildman–Crippen LogP) is 4.21. The van der Waals surface area contributed by atoms with Crippen LogP contribution in [0.5, 0.6) is 0 Å². The monoisotopic (exact) mass is 280 g/mol. The third-order valence-corrected chi connectivity index (χ3v) is 2.85. The molecule has 0 aromatic heterocycles. The molecule has 0 spiro atoms. The maximum absolute atomic E-state index is 12.6. The van der Waals surface area contributed by atoms with Crippen molar-refractivity contribution in [2.75, 3.05) is 11.1 Å². The van der Waals surface area contributed by atoms with Crippen molar-refractivity contribution >= 4 is 11.4 Å². The first kappa shape index (κ1) is 14.2. The fourth-order valence-corrected chi connectivity index (χ4v) is 1.98. The lowest BCUT2D eigenvalue weighted by atomic mass is 10.1. The van der Waals surface area contributed by atoms with E-state index in [0.717, 1.165) is 23.4 Å². The van der Waals surface area contributed by atoms with Crippen LogP contribution in [-0.4, -0.2) is 0 Å². The summed E-state index contributed by atoms with van der Waals surface area (Å²) in [6.45, 7) is 2.22. The SMILES string of the molecule is Cc1cc(N)cc(NCc2cccc(C(F)(F)F)c2)c1. The van der Waals surface area contributed by atoms with Crippen LogP contribution >= 0.6 is 0 Å². The van der Waals surface area contributed by atoms with Crippen LogP contribution in [0.3, 0.4) is 0 Å². The smallest absolute Gasteiger partial charge is 0.399 e. The molecule has 0 heterocycles. The van der Waals surface area contributed by atoms with Crippen LogP contribution in [0.4, 0.5) is 24.5 Å². The van der Waals surface area contributed by atoms with E-state index in [1.807, 2.05) is 19.1 Å². The van der Waals surface area contributed by atoms with Crippen molar-refractivity contribution in [1.29, 1.82) is 0 Å². The Bertz CT molecular complexity index is 586. The normalized spacial score (nSPS) is 11.4. The summed E-state index contributed by atoms with van der Waals surface area (Å²) < 4.78 is 37.8. The maximum atomic E-state index is 12.6. The van der Waals surface area contributed by atoms with Gasteiger partial charge < -0.3 is 11.1 Å². The molecule has 5 heteroatoms. The van der Waals surface area contributed by atoms with Gasteiger partial charge in [0, 0.05) is 17.9 Å². The van der Waals surface area contributed by atoms with Crippen LogP contribution in [-0.2, 0) is 12.7 Å². The molecule has 0 aliphatic heterocycles. The Morgan fingerprint density at radius 1 is 1.10 bits per heavy atom. The summed E-state index contributed by atoms with van der Waals surface area (Å²) in [5.74, 6) is 0. The molecule has 3 N–H and O–H groups in total. The number of aryl methyl sites for hydroxylation is 1. The Kier molecular flexibility index (Phi) is 3.88. The van der Waals surface area contributed by atoms with Crippen LogP contribution < -0.4 is 11.1 Å². The van der Waals surface area contributed by atoms with E-state index < -0.39 is 11.7 Å². The second-order valence-corrected chi connectivity index (χ2v) is 4.68. The predicted molar refractivity (Wildman–Crippen MR) is 74.4 cm³/mol. The molecule has 0 saturated carbocycles. The third-order valence-electron chi connectivity index (χ3n) is 2.85. The van der Waals surface area contributed by atoms with E-state index in [9.17, 15) is 13.2 Å². The maximum Gasteiger partial charge on any atom is 0.416 e. The number of benzene rings is 2. The molecule has 2 aromatic rings. The molecule has 0 bridgehead atoms. The first-order valence-electron chi connectivity index (χ1n) is 6.12. The van der Waals surface area contributed by atoms with Gasteiger partial charge in [0.15, 0.2) is 0 Å². The average molecular weight is 280 g/mol. The zero-order valence-electron chi connectivity index (χ0n) is 11.0. The topological polar surface area (TPSA) is 38.0 Å². The molecule has 0 atom stereocenters. The minimum Gasteiger partial charge on any atom is -0.399 e. The lowest BCUT2D eigenvalue weighted by Gasteiger charge is -2.11. The van der Waals surface area contributed by atoms with Gasteiger partial charge in [0.25, 0.3) is 0 Å². The van der Waals surface area contributed by atoms with Crippen LogP contribution in [0, 0.1) is 6.92 Å². The van der Waals surface area contributed by atoms with Gasteiger partial charge in [-0.2, -0.15) is 13.2 Å². The Hall–Kier alpha value is -2.17. The molecule has 0 fully saturated rings. The van der Waals surface area contributed by atoms with Gasteiger partial charge in [-0.1, -0.05) is 12.1 Å². The van der Waals surface area contributed by atoms with Crippen molar-refractivity contribution in [3.8, 4) is 0 Å². The minimum absolute atomic E-state index is 0.312. The summed E-state index contributed by atoms with van der Waals surface area (Å²) in [5, 5.41) is 3.07. The highest BCUT2D eigenvalue weighted by atomic mass is 19.4. The first-order chi connectivity index (χ1) is 9.34. The van der Waals surface area contributed by atoms with E-state index in [0.29, 0.717) is 17.8 Å². The Morgan fingerprint density at radius 3 is 2.50 bits per heavy atom. The standard InChI is InChI=1S/C15H15F3N2/c1-10-5-13(19)8-14(6-10)20-9-11-3-2-4-12(7-11)15(16,17)18/h2-8,20H,9,19H2,1H3. The highest BCUT2D eigenvalue weighted by Crippen LogP contribution is 2.29. The molecule has 0 aliphatic rings. The van der Waals surface area contributed by atoms with Crippen LogP contribution in [0.25, 0.3) is 0 Å². The second-order valence-electron chi connectivity index (χ2n) is 4.68. The number of anilines is 2. The van der Waals surface area contributed by atoms with E-state index >= 15 is 0 Å². The lowest BCUT2D eigenvalue weighted by molar-refractivity contribution is -0.137. The van der Waals surface area contributed by atoms with Gasteiger partial charge in [-0.15, -0.1) is 0 Å². The molecular formula is C15H15F3N2. The molecule has 0 amide bonds. The number of rotatable bonds is 3. The van der Waals surface area contributed by atoms with Gasteiger partial charge in [-0.25, -0.2) is 0 Å². The van der Waals surface area contributed by atoms with E-state index in [4.69, 9.17) is 5.73 Å². The molecule has 0 unspecified atom stereocenters. The van der Waals surface area contributed by atoms with Gasteiger partial charge in [0.2, 0.25) is 0 Å². The van der Waals surface area contributed by atoms with Crippen molar-refractivity contribution in [1.82, 2.24) is 0 Å². The Labute approximate surface area is 115 Å². The summed E-state index contributed by atoms with van der Waals surface area (Å²) in [4.78, 5) is 0. The minimum atomic E-state index is -4.32.